The number of fused-ring (bicyclic) bond motifs is 1. The maximum Gasteiger partial charge on any atom is 0.334 e. The number of hydrogen-bond donors (Lipinski definition) is 0. The van der Waals surface area contributed by atoms with Gasteiger partial charge in [-0.15, -0.1) is 0 Å². The Morgan fingerprint density at radius 3 is 2.45 bits per heavy atom. The Labute approximate surface area is 118 Å². The Bertz CT molecular complexity index is 636. The fourth-order valence-corrected chi connectivity index (χ4v) is 1.74. The van der Waals surface area contributed by atoms with Gasteiger partial charge in [0.2, 0.25) is 0 Å². The third-order valence-corrected chi connectivity index (χ3v) is 2.54. The van der Waals surface area contributed by atoms with E-state index >= 15 is 0 Å². The molecule has 0 amide bonds. The van der Waals surface area contributed by atoms with E-state index in [1.165, 1.54) is 12.3 Å². The number of ether oxygens (including phenoxy) is 2. The second kappa shape index (κ2) is 5.78. The standard InChI is InChI=1S/C17H18O3/c1-17(2,3)20-16(18)10-11-19-15-9-8-13-6-4-5-7-14(13)12-15/h4-12H,1-3H3/b11-10+. The monoisotopic (exact) mass is 270 g/mol. The summed E-state index contributed by atoms with van der Waals surface area (Å²) < 4.78 is 10.6. The number of benzene rings is 2. The van der Waals surface area contributed by atoms with Crippen molar-refractivity contribution in [3.8, 4) is 5.75 Å². The van der Waals surface area contributed by atoms with Gasteiger partial charge in [-0.05, 0) is 43.7 Å². The molecular formula is C17H18O3. The van der Waals surface area contributed by atoms with Crippen LogP contribution in [-0.4, -0.2) is 11.6 Å². The lowest BCUT2D eigenvalue weighted by atomic mass is 10.1. The van der Waals surface area contributed by atoms with E-state index in [9.17, 15) is 4.79 Å². The summed E-state index contributed by atoms with van der Waals surface area (Å²) in [6.45, 7) is 5.47. The first kappa shape index (κ1) is 14.1. The van der Waals surface area contributed by atoms with Crippen LogP contribution < -0.4 is 4.74 Å². The van der Waals surface area contributed by atoms with Crippen LogP contribution >= 0.6 is 0 Å². The van der Waals surface area contributed by atoms with Crippen molar-refractivity contribution in [2.24, 2.45) is 0 Å². The molecule has 0 N–H and O–H groups in total. The van der Waals surface area contributed by atoms with Crippen molar-refractivity contribution in [1.82, 2.24) is 0 Å². The summed E-state index contributed by atoms with van der Waals surface area (Å²) >= 11 is 0. The Morgan fingerprint density at radius 1 is 1.05 bits per heavy atom. The zero-order valence-electron chi connectivity index (χ0n) is 11.9. The van der Waals surface area contributed by atoms with E-state index in [2.05, 4.69) is 0 Å². The van der Waals surface area contributed by atoms with Crippen molar-refractivity contribution >= 4 is 16.7 Å². The topological polar surface area (TPSA) is 35.5 Å². The van der Waals surface area contributed by atoms with Crippen LogP contribution in [0.25, 0.3) is 10.8 Å². The molecule has 0 unspecified atom stereocenters. The molecule has 0 spiro atoms. The third-order valence-electron chi connectivity index (χ3n) is 2.54. The van der Waals surface area contributed by atoms with Crippen molar-refractivity contribution in [2.75, 3.05) is 0 Å². The van der Waals surface area contributed by atoms with E-state index in [4.69, 9.17) is 9.47 Å². The van der Waals surface area contributed by atoms with Gasteiger partial charge in [0.15, 0.2) is 0 Å². The van der Waals surface area contributed by atoms with Gasteiger partial charge in [-0.25, -0.2) is 4.79 Å². The van der Waals surface area contributed by atoms with Crippen LogP contribution in [0.3, 0.4) is 0 Å². The van der Waals surface area contributed by atoms with Gasteiger partial charge in [-0.3, -0.25) is 0 Å². The molecule has 0 aliphatic heterocycles. The minimum absolute atomic E-state index is 0.418. The van der Waals surface area contributed by atoms with E-state index in [0.29, 0.717) is 5.75 Å². The molecule has 3 heteroatoms. The quantitative estimate of drug-likeness (QED) is 0.479. The highest BCUT2D eigenvalue weighted by Gasteiger charge is 2.13. The fourth-order valence-electron chi connectivity index (χ4n) is 1.74. The first-order valence-electron chi connectivity index (χ1n) is 6.49. The maximum atomic E-state index is 11.5. The molecule has 0 bridgehead atoms. The first-order chi connectivity index (χ1) is 9.44. The van der Waals surface area contributed by atoms with Crippen molar-refractivity contribution in [1.29, 1.82) is 0 Å². The van der Waals surface area contributed by atoms with Crippen LogP contribution in [0.1, 0.15) is 20.8 Å². The van der Waals surface area contributed by atoms with Crippen LogP contribution in [-0.2, 0) is 9.53 Å². The molecule has 0 aromatic heterocycles. The summed E-state index contributed by atoms with van der Waals surface area (Å²) in [5.74, 6) is 0.266. The van der Waals surface area contributed by atoms with Crippen LogP contribution in [0, 0.1) is 0 Å². The van der Waals surface area contributed by atoms with E-state index in [1.807, 2.05) is 63.2 Å². The molecule has 0 saturated carbocycles. The minimum Gasteiger partial charge on any atom is -0.465 e. The molecule has 0 aliphatic carbocycles. The van der Waals surface area contributed by atoms with Gasteiger partial charge >= 0.3 is 5.97 Å². The summed E-state index contributed by atoms with van der Waals surface area (Å²) in [4.78, 5) is 11.5. The Balaban J connectivity index is 2.00. The third kappa shape index (κ3) is 4.12. The number of carbonyl (C=O) groups is 1. The molecule has 2 rings (SSSR count). The molecule has 3 nitrogen and oxygen atoms in total. The van der Waals surface area contributed by atoms with Gasteiger partial charge in [0, 0.05) is 0 Å². The smallest absolute Gasteiger partial charge is 0.334 e. The Kier molecular flexibility index (Phi) is 4.08. The van der Waals surface area contributed by atoms with Gasteiger partial charge in [-0.2, -0.15) is 0 Å². The van der Waals surface area contributed by atoms with Crippen LogP contribution in [0.15, 0.2) is 54.8 Å². The predicted octanol–water partition coefficient (Wildman–Crippen LogP) is 4.07. The van der Waals surface area contributed by atoms with E-state index < -0.39 is 11.6 Å². The summed E-state index contributed by atoms with van der Waals surface area (Å²) in [7, 11) is 0. The summed E-state index contributed by atoms with van der Waals surface area (Å²) in [5.41, 5.74) is -0.496. The van der Waals surface area contributed by atoms with E-state index in [1.54, 1.807) is 0 Å². The number of esters is 1. The Hall–Kier alpha value is -2.29. The predicted molar refractivity (Wildman–Crippen MR) is 79.6 cm³/mol. The highest BCUT2D eigenvalue weighted by atomic mass is 16.6. The largest absolute Gasteiger partial charge is 0.465 e. The fraction of sp³-hybridized carbons (Fsp3) is 0.235. The molecule has 20 heavy (non-hydrogen) atoms. The van der Waals surface area contributed by atoms with Crippen molar-refractivity contribution < 1.29 is 14.3 Å². The second-order valence-corrected chi connectivity index (χ2v) is 5.46. The summed E-state index contributed by atoms with van der Waals surface area (Å²) in [6.07, 6.45) is 2.62. The number of carbonyl (C=O) groups excluding carboxylic acids is 1. The molecule has 0 heterocycles. The first-order valence-corrected chi connectivity index (χ1v) is 6.49. The second-order valence-electron chi connectivity index (χ2n) is 5.46. The minimum atomic E-state index is -0.496. The SMILES string of the molecule is CC(C)(C)OC(=O)/C=C/Oc1ccc2ccccc2c1. The normalized spacial score (nSPS) is 11.8. The molecule has 0 saturated heterocycles. The van der Waals surface area contributed by atoms with Crippen molar-refractivity contribution in [3.63, 3.8) is 0 Å². The van der Waals surface area contributed by atoms with Gasteiger partial charge in [-0.1, -0.05) is 30.3 Å². The van der Waals surface area contributed by atoms with E-state index in [-0.39, 0.29) is 0 Å². The molecule has 0 radical (unpaired) electrons. The van der Waals surface area contributed by atoms with Crippen LogP contribution in [0.4, 0.5) is 0 Å². The molecule has 2 aromatic rings. The average molecular weight is 270 g/mol. The maximum absolute atomic E-state index is 11.5. The van der Waals surface area contributed by atoms with Crippen molar-refractivity contribution in [2.45, 2.75) is 26.4 Å². The zero-order valence-corrected chi connectivity index (χ0v) is 11.9. The number of rotatable bonds is 3. The van der Waals surface area contributed by atoms with Gasteiger partial charge in [0.25, 0.3) is 0 Å². The van der Waals surface area contributed by atoms with E-state index in [0.717, 1.165) is 10.8 Å². The molecular weight excluding hydrogens is 252 g/mol. The Morgan fingerprint density at radius 2 is 1.75 bits per heavy atom. The lowest BCUT2D eigenvalue weighted by Gasteiger charge is -2.17. The molecule has 0 aliphatic rings. The molecule has 0 fully saturated rings. The number of hydrogen-bond acceptors (Lipinski definition) is 3. The van der Waals surface area contributed by atoms with Crippen molar-refractivity contribution in [3.05, 3.63) is 54.8 Å². The molecule has 2 aromatic carbocycles. The highest BCUT2D eigenvalue weighted by Crippen LogP contribution is 2.20. The van der Waals surface area contributed by atoms with Crippen LogP contribution in [0.2, 0.25) is 0 Å². The average Bonchev–Trinajstić information content (AvgIpc) is 2.36. The zero-order chi connectivity index (χ0) is 14.6. The van der Waals surface area contributed by atoms with Gasteiger partial charge in [0.1, 0.15) is 11.4 Å². The van der Waals surface area contributed by atoms with Crippen LogP contribution in [0.5, 0.6) is 5.75 Å². The summed E-state index contributed by atoms with van der Waals surface area (Å²) in [5, 5.41) is 2.24. The highest BCUT2D eigenvalue weighted by molar-refractivity contribution is 5.84. The lowest BCUT2D eigenvalue weighted by molar-refractivity contribution is -0.148. The molecule has 104 valence electrons. The van der Waals surface area contributed by atoms with Gasteiger partial charge < -0.3 is 9.47 Å². The lowest BCUT2D eigenvalue weighted by Crippen LogP contribution is -2.22. The molecule has 0 atom stereocenters. The summed E-state index contributed by atoms with van der Waals surface area (Å²) in [6, 6.07) is 13.8. The van der Waals surface area contributed by atoms with Gasteiger partial charge in [0.05, 0.1) is 12.3 Å².